The summed E-state index contributed by atoms with van der Waals surface area (Å²) in [5, 5.41) is 17.5. The highest BCUT2D eigenvalue weighted by Gasteiger charge is 2.15. The van der Waals surface area contributed by atoms with E-state index in [1.54, 1.807) is 0 Å². The third-order valence-corrected chi connectivity index (χ3v) is 0.989. The molecule has 0 aromatic carbocycles. The molecular formula is C7H12O4. The molecule has 0 bridgehead atoms. The summed E-state index contributed by atoms with van der Waals surface area (Å²) in [6, 6.07) is 0. The topological polar surface area (TPSA) is 66.8 Å². The van der Waals surface area contributed by atoms with Gasteiger partial charge in [-0.25, -0.2) is 4.79 Å². The van der Waals surface area contributed by atoms with Crippen molar-refractivity contribution in [2.24, 2.45) is 0 Å². The number of hydrogen-bond acceptors (Lipinski definition) is 4. The van der Waals surface area contributed by atoms with Crippen LogP contribution in [0.25, 0.3) is 0 Å². The van der Waals surface area contributed by atoms with Crippen molar-refractivity contribution in [2.75, 3.05) is 0 Å². The number of ether oxygens (including phenoxy) is 1. The lowest BCUT2D eigenvalue weighted by Crippen LogP contribution is -2.28. The largest absolute Gasteiger partial charge is 0.430 e. The molecule has 2 N–H and O–H groups in total. The van der Waals surface area contributed by atoms with Gasteiger partial charge in [-0.15, -0.1) is 0 Å². The summed E-state index contributed by atoms with van der Waals surface area (Å²) in [6.45, 7) is 6.07. The molecule has 0 aliphatic heterocycles. The molecule has 0 aromatic rings. The molecule has 0 fully saturated rings. The lowest BCUT2D eigenvalue weighted by Gasteiger charge is -2.13. The molecule has 64 valence electrons. The van der Waals surface area contributed by atoms with Gasteiger partial charge in [0.15, 0.2) is 0 Å². The second-order valence-electron chi connectivity index (χ2n) is 2.32. The average Bonchev–Trinajstić information content (AvgIpc) is 1.87. The predicted octanol–water partition coefficient (Wildman–Crippen LogP) is -0.195. The Morgan fingerprint density at radius 3 is 2.27 bits per heavy atom. The molecule has 0 saturated carbocycles. The highest BCUT2D eigenvalue weighted by molar-refractivity contribution is 5.87. The first kappa shape index (κ1) is 10.1. The number of carbonyl (C=O) groups excluding carboxylic acids is 1. The van der Waals surface area contributed by atoms with E-state index < -0.39 is 18.4 Å². The highest BCUT2D eigenvalue weighted by atomic mass is 16.6. The molecule has 0 rings (SSSR count). The first-order chi connectivity index (χ1) is 4.95. The Morgan fingerprint density at radius 1 is 1.55 bits per heavy atom. The number of hydrogen-bond donors (Lipinski definition) is 2. The molecule has 0 saturated heterocycles. The molecular weight excluding hydrogens is 148 g/mol. The van der Waals surface area contributed by atoms with Crippen molar-refractivity contribution >= 4 is 5.97 Å². The zero-order chi connectivity index (χ0) is 9.02. The zero-order valence-corrected chi connectivity index (χ0v) is 6.57. The lowest BCUT2D eigenvalue weighted by molar-refractivity contribution is -0.179. The average molecular weight is 160 g/mol. The number of rotatable bonds is 3. The van der Waals surface area contributed by atoms with Crippen molar-refractivity contribution in [1.29, 1.82) is 0 Å². The molecule has 2 unspecified atom stereocenters. The number of aliphatic hydroxyl groups is 2. The molecule has 4 heteroatoms. The quantitative estimate of drug-likeness (QED) is 0.341. The number of carbonyl (C=O) groups is 1. The van der Waals surface area contributed by atoms with E-state index in [4.69, 9.17) is 10.2 Å². The molecule has 0 spiro atoms. The van der Waals surface area contributed by atoms with Gasteiger partial charge in [0.1, 0.15) is 6.10 Å². The van der Waals surface area contributed by atoms with Gasteiger partial charge in [0, 0.05) is 5.57 Å². The summed E-state index contributed by atoms with van der Waals surface area (Å²) in [4.78, 5) is 10.7. The molecule has 0 aromatic heterocycles. The van der Waals surface area contributed by atoms with E-state index in [2.05, 4.69) is 11.3 Å². The van der Waals surface area contributed by atoms with Crippen LogP contribution in [0.1, 0.15) is 13.8 Å². The van der Waals surface area contributed by atoms with Gasteiger partial charge in [0.25, 0.3) is 0 Å². The van der Waals surface area contributed by atoms with E-state index in [1.165, 1.54) is 13.8 Å². The zero-order valence-electron chi connectivity index (χ0n) is 6.57. The van der Waals surface area contributed by atoms with Crippen LogP contribution >= 0.6 is 0 Å². The maximum absolute atomic E-state index is 10.7. The van der Waals surface area contributed by atoms with Crippen LogP contribution in [0.15, 0.2) is 12.2 Å². The maximum Gasteiger partial charge on any atom is 0.335 e. The Kier molecular flexibility index (Phi) is 3.78. The molecule has 4 nitrogen and oxygen atoms in total. The summed E-state index contributed by atoms with van der Waals surface area (Å²) in [5.74, 6) is -0.710. The first-order valence-corrected chi connectivity index (χ1v) is 3.17. The fourth-order valence-electron chi connectivity index (χ4n) is 0.309. The van der Waals surface area contributed by atoms with E-state index >= 15 is 0 Å². The van der Waals surface area contributed by atoms with Gasteiger partial charge in [0.05, 0.1) is 0 Å². The third-order valence-electron chi connectivity index (χ3n) is 0.989. The third kappa shape index (κ3) is 3.75. The Balaban J connectivity index is 3.85. The van der Waals surface area contributed by atoms with E-state index in [9.17, 15) is 4.79 Å². The fraction of sp³-hybridized carbons (Fsp3) is 0.571. The molecule has 0 aliphatic carbocycles. The van der Waals surface area contributed by atoms with Crippen LogP contribution < -0.4 is 0 Å². The van der Waals surface area contributed by atoms with Crippen LogP contribution in [0.2, 0.25) is 0 Å². The smallest absolute Gasteiger partial charge is 0.335 e. The molecule has 2 atom stereocenters. The van der Waals surface area contributed by atoms with Crippen LogP contribution in [0, 0.1) is 0 Å². The lowest BCUT2D eigenvalue weighted by atomic mass is 10.3. The molecule has 11 heavy (non-hydrogen) atoms. The number of esters is 1. The summed E-state index contributed by atoms with van der Waals surface area (Å²) in [6.07, 6.45) is -2.56. The summed E-state index contributed by atoms with van der Waals surface area (Å²) < 4.78 is 4.34. The van der Waals surface area contributed by atoms with Crippen molar-refractivity contribution in [3.63, 3.8) is 0 Å². The van der Waals surface area contributed by atoms with Crippen molar-refractivity contribution in [1.82, 2.24) is 0 Å². The van der Waals surface area contributed by atoms with Crippen LogP contribution in [0.3, 0.4) is 0 Å². The van der Waals surface area contributed by atoms with E-state index in [0.717, 1.165) is 0 Å². The van der Waals surface area contributed by atoms with Crippen LogP contribution in [-0.2, 0) is 9.53 Å². The van der Waals surface area contributed by atoms with E-state index in [1.807, 2.05) is 0 Å². The SMILES string of the molecule is C=C(C)C(=O)OC(O)C(C)O. The molecule has 0 amide bonds. The van der Waals surface area contributed by atoms with E-state index in [-0.39, 0.29) is 5.57 Å². The summed E-state index contributed by atoms with van der Waals surface area (Å²) in [7, 11) is 0. The molecule has 0 radical (unpaired) electrons. The van der Waals surface area contributed by atoms with Crippen LogP contribution in [-0.4, -0.2) is 28.6 Å². The predicted molar refractivity (Wildman–Crippen MR) is 38.6 cm³/mol. The first-order valence-electron chi connectivity index (χ1n) is 3.17. The van der Waals surface area contributed by atoms with Crippen molar-refractivity contribution in [2.45, 2.75) is 26.2 Å². The number of aliphatic hydroxyl groups excluding tert-OH is 2. The molecule has 0 aliphatic rings. The Hall–Kier alpha value is -0.870. The van der Waals surface area contributed by atoms with Crippen molar-refractivity contribution in [3.8, 4) is 0 Å². The van der Waals surface area contributed by atoms with Gasteiger partial charge in [-0.2, -0.15) is 0 Å². The highest BCUT2D eigenvalue weighted by Crippen LogP contribution is 1.99. The second-order valence-corrected chi connectivity index (χ2v) is 2.32. The Labute approximate surface area is 65.1 Å². The van der Waals surface area contributed by atoms with Crippen molar-refractivity contribution < 1.29 is 19.7 Å². The Bertz CT molecular complexity index is 162. The Morgan fingerprint density at radius 2 is 2.00 bits per heavy atom. The van der Waals surface area contributed by atoms with Gasteiger partial charge in [-0.1, -0.05) is 6.58 Å². The van der Waals surface area contributed by atoms with Gasteiger partial charge >= 0.3 is 5.97 Å². The maximum atomic E-state index is 10.7. The van der Waals surface area contributed by atoms with Gasteiger partial charge in [-0.05, 0) is 13.8 Å². The minimum absolute atomic E-state index is 0.185. The van der Waals surface area contributed by atoms with Gasteiger partial charge in [0.2, 0.25) is 6.29 Å². The van der Waals surface area contributed by atoms with Crippen LogP contribution in [0.5, 0.6) is 0 Å². The standard InChI is InChI=1S/C7H12O4/c1-4(2)6(9)11-7(10)5(3)8/h5,7-8,10H,1H2,2-3H3. The second kappa shape index (κ2) is 4.10. The minimum atomic E-state index is -1.47. The monoisotopic (exact) mass is 160 g/mol. The fourth-order valence-corrected chi connectivity index (χ4v) is 0.309. The van der Waals surface area contributed by atoms with E-state index in [0.29, 0.717) is 0 Å². The van der Waals surface area contributed by atoms with Gasteiger partial charge in [-0.3, -0.25) is 0 Å². The molecule has 0 heterocycles. The minimum Gasteiger partial charge on any atom is -0.430 e. The summed E-state index contributed by atoms with van der Waals surface area (Å²) >= 11 is 0. The summed E-state index contributed by atoms with van der Waals surface area (Å²) in [5.41, 5.74) is 0.185. The van der Waals surface area contributed by atoms with Crippen molar-refractivity contribution in [3.05, 3.63) is 12.2 Å². The van der Waals surface area contributed by atoms with Gasteiger partial charge < -0.3 is 14.9 Å². The van der Waals surface area contributed by atoms with Crippen LogP contribution in [0.4, 0.5) is 0 Å². The normalized spacial score (nSPS) is 15.3.